The lowest BCUT2D eigenvalue weighted by molar-refractivity contribution is 0.0698. The Morgan fingerprint density at radius 3 is 2.54 bits per heavy atom. The molecule has 0 aliphatic heterocycles. The Labute approximate surface area is 236 Å². The largest absolute Gasteiger partial charge is 0.478 e. The van der Waals surface area contributed by atoms with Crippen molar-refractivity contribution in [3.8, 4) is 11.3 Å². The molecule has 2 aromatic heterocycles. The average molecular weight is 544 g/mol. The topological polar surface area (TPSA) is 97.4 Å². The SMILES string of the molecule is Cc1cc([C@@H](C)Nc2ccccc2C(=O)O)c2oc(-c3ccc4c(cnn4Cc4ccccc4)c3)c(C)c(=O)c2c1. The Bertz CT molecular complexity index is 1990. The highest BCUT2D eigenvalue weighted by Crippen LogP contribution is 2.33. The third kappa shape index (κ3) is 4.87. The number of hydrogen-bond donors (Lipinski definition) is 2. The summed E-state index contributed by atoms with van der Waals surface area (Å²) in [5.74, 6) is -0.509. The molecule has 0 unspecified atom stereocenters. The van der Waals surface area contributed by atoms with Gasteiger partial charge in [0.1, 0.15) is 11.3 Å². The zero-order chi connectivity index (χ0) is 28.7. The second-order valence-electron chi connectivity index (χ2n) is 10.4. The number of nitrogens with one attached hydrogen (secondary N) is 1. The number of para-hydroxylation sites is 1. The lowest BCUT2D eigenvalue weighted by Gasteiger charge is -2.20. The van der Waals surface area contributed by atoms with Crippen molar-refractivity contribution in [1.29, 1.82) is 0 Å². The summed E-state index contributed by atoms with van der Waals surface area (Å²) in [6, 6.07) is 26.4. The van der Waals surface area contributed by atoms with Gasteiger partial charge in [0.15, 0.2) is 5.43 Å². The highest BCUT2D eigenvalue weighted by Gasteiger charge is 2.20. The van der Waals surface area contributed by atoms with E-state index in [1.165, 1.54) is 0 Å². The van der Waals surface area contributed by atoms with Gasteiger partial charge >= 0.3 is 5.97 Å². The van der Waals surface area contributed by atoms with Gasteiger partial charge in [0.25, 0.3) is 0 Å². The Balaban J connectivity index is 1.43. The first-order chi connectivity index (χ1) is 19.8. The van der Waals surface area contributed by atoms with Gasteiger partial charge in [0, 0.05) is 27.8 Å². The molecular formula is C34H29N3O4. The molecule has 0 amide bonds. The molecule has 1 atom stereocenters. The first-order valence-corrected chi connectivity index (χ1v) is 13.5. The molecule has 41 heavy (non-hydrogen) atoms. The van der Waals surface area contributed by atoms with Gasteiger partial charge in [-0.1, -0.05) is 48.5 Å². The van der Waals surface area contributed by atoms with Crippen LogP contribution in [0.4, 0.5) is 5.69 Å². The molecule has 7 nitrogen and oxygen atoms in total. The van der Waals surface area contributed by atoms with E-state index in [1.807, 2.05) is 73.3 Å². The zero-order valence-electron chi connectivity index (χ0n) is 23.0. The molecular weight excluding hydrogens is 514 g/mol. The van der Waals surface area contributed by atoms with Crippen molar-refractivity contribution >= 4 is 33.5 Å². The second kappa shape index (κ2) is 10.4. The number of carboxylic acids is 1. The van der Waals surface area contributed by atoms with E-state index in [0.717, 1.165) is 33.2 Å². The molecule has 2 heterocycles. The van der Waals surface area contributed by atoms with E-state index in [1.54, 1.807) is 31.2 Å². The molecule has 204 valence electrons. The van der Waals surface area contributed by atoms with Gasteiger partial charge in [-0.15, -0.1) is 0 Å². The summed E-state index contributed by atoms with van der Waals surface area (Å²) in [5.41, 5.74) is 6.22. The fourth-order valence-corrected chi connectivity index (χ4v) is 5.38. The number of aromatic nitrogens is 2. The summed E-state index contributed by atoms with van der Waals surface area (Å²) in [6.45, 7) is 6.31. The van der Waals surface area contributed by atoms with Crippen LogP contribution in [-0.2, 0) is 6.54 Å². The standard InChI is InChI=1S/C34H29N3O4/c1-20-15-27(22(3)36-29-12-8-7-11-26(29)34(39)40)33-28(16-20)31(38)21(2)32(41-33)24-13-14-30-25(17-24)18-35-37(30)19-23-9-5-4-6-10-23/h4-18,22,36H,19H2,1-3H3,(H,39,40)/t22-/m1/s1. The number of fused-ring (bicyclic) bond motifs is 2. The maximum Gasteiger partial charge on any atom is 0.337 e. The van der Waals surface area contributed by atoms with Crippen LogP contribution in [0.2, 0.25) is 0 Å². The second-order valence-corrected chi connectivity index (χ2v) is 10.4. The predicted molar refractivity (Wildman–Crippen MR) is 162 cm³/mol. The third-order valence-electron chi connectivity index (χ3n) is 7.47. The molecule has 0 aliphatic rings. The molecule has 2 N–H and O–H groups in total. The van der Waals surface area contributed by atoms with E-state index in [4.69, 9.17) is 4.42 Å². The highest BCUT2D eigenvalue weighted by atomic mass is 16.4. The summed E-state index contributed by atoms with van der Waals surface area (Å²) in [7, 11) is 0. The Kier molecular flexibility index (Phi) is 6.63. The van der Waals surface area contributed by atoms with Gasteiger partial charge < -0.3 is 14.8 Å². The van der Waals surface area contributed by atoms with Gasteiger partial charge in [-0.05, 0) is 68.3 Å². The molecule has 0 fully saturated rings. The summed E-state index contributed by atoms with van der Waals surface area (Å²) < 4.78 is 8.51. The van der Waals surface area contributed by atoms with Crippen LogP contribution in [0.5, 0.6) is 0 Å². The van der Waals surface area contributed by atoms with Crippen molar-refractivity contribution < 1.29 is 14.3 Å². The maximum absolute atomic E-state index is 13.6. The van der Waals surface area contributed by atoms with Crippen LogP contribution in [-0.4, -0.2) is 20.9 Å². The van der Waals surface area contributed by atoms with Crippen molar-refractivity contribution in [2.45, 2.75) is 33.4 Å². The maximum atomic E-state index is 13.6. The minimum atomic E-state index is -1.01. The Hall–Kier alpha value is -5.17. The van der Waals surface area contributed by atoms with Crippen molar-refractivity contribution in [3.63, 3.8) is 0 Å². The van der Waals surface area contributed by atoms with E-state index in [-0.39, 0.29) is 17.0 Å². The van der Waals surface area contributed by atoms with E-state index in [2.05, 4.69) is 22.5 Å². The van der Waals surface area contributed by atoms with Gasteiger partial charge in [-0.3, -0.25) is 9.48 Å². The fourth-order valence-electron chi connectivity index (χ4n) is 5.38. The molecule has 7 heteroatoms. The van der Waals surface area contributed by atoms with E-state index in [9.17, 15) is 14.7 Å². The smallest absolute Gasteiger partial charge is 0.337 e. The third-order valence-corrected chi connectivity index (χ3v) is 7.47. The number of nitrogens with zero attached hydrogens (tertiary/aromatic N) is 2. The van der Waals surface area contributed by atoms with E-state index in [0.29, 0.717) is 34.5 Å². The van der Waals surface area contributed by atoms with Crippen LogP contribution in [0.15, 0.2) is 100 Å². The van der Waals surface area contributed by atoms with E-state index < -0.39 is 5.97 Å². The van der Waals surface area contributed by atoms with Crippen LogP contribution >= 0.6 is 0 Å². The van der Waals surface area contributed by atoms with Gasteiger partial charge in [-0.25, -0.2) is 4.79 Å². The molecule has 0 aliphatic carbocycles. The number of benzene rings is 4. The lowest BCUT2D eigenvalue weighted by atomic mass is 9.98. The molecule has 0 spiro atoms. The number of anilines is 1. The predicted octanol–water partition coefficient (Wildman–Crippen LogP) is 7.35. The van der Waals surface area contributed by atoms with Crippen LogP contribution in [0, 0.1) is 13.8 Å². The Morgan fingerprint density at radius 2 is 1.76 bits per heavy atom. The Morgan fingerprint density at radius 1 is 1.00 bits per heavy atom. The summed E-state index contributed by atoms with van der Waals surface area (Å²) in [4.78, 5) is 25.4. The zero-order valence-corrected chi connectivity index (χ0v) is 23.0. The summed E-state index contributed by atoms with van der Waals surface area (Å²) in [5, 5.41) is 19.0. The van der Waals surface area contributed by atoms with Gasteiger partial charge in [0.05, 0.1) is 35.2 Å². The number of carboxylic acid groups (broad SMARTS) is 1. The number of carbonyl (C=O) groups is 1. The molecule has 0 saturated heterocycles. The van der Waals surface area contributed by atoms with Gasteiger partial charge in [-0.2, -0.15) is 5.10 Å². The van der Waals surface area contributed by atoms with Crippen LogP contribution in [0.3, 0.4) is 0 Å². The normalized spacial score (nSPS) is 12.1. The number of aromatic carboxylic acids is 1. The van der Waals surface area contributed by atoms with Crippen LogP contribution in [0.25, 0.3) is 33.2 Å². The van der Waals surface area contributed by atoms with Crippen molar-refractivity contribution in [2.75, 3.05) is 5.32 Å². The number of rotatable bonds is 7. The fraction of sp³-hybridized carbons (Fsp3) is 0.147. The number of hydrogen-bond acceptors (Lipinski definition) is 5. The molecule has 0 radical (unpaired) electrons. The molecule has 6 rings (SSSR count). The van der Waals surface area contributed by atoms with E-state index >= 15 is 0 Å². The van der Waals surface area contributed by atoms with Crippen molar-refractivity contribution in [2.24, 2.45) is 0 Å². The minimum absolute atomic E-state index is 0.0933. The average Bonchev–Trinajstić information content (AvgIpc) is 3.37. The molecule has 0 bridgehead atoms. The summed E-state index contributed by atoms with van der Waals surface area (Å²) >= 11 is 0. The minimum Gasteiger partial charge on any atom is -0.478 e. The van der Waals surface area contributed by atoms with Crippen LogP contribution < -0.4 is 10.7 Å². The monoisotopic (exact) mass is 543 g/mol. The lowest BCUT2D eigenvalue weighted by Crippen LogP contribution is -2.14. The van der Waals surface area contributed by atoms with Crippen molar-refractivity contribution in [1.82, 2.24) is 9.78 Å². The number of aryl methyl sites for hydroxylation is 1. The summed E-state index contributed by atoms with van der Waals surface area (Å²) in [6.07, 6.45) is 1.83. The molecule has 0 saturated carbocycles. The van der Waals surface area contributed by atoms with Crippen molar-refractivity contribution in [3.05, 3.63) is 129 Å². The van der Waals surface area contributed by atoms with Gasteiger partial charge in [0.2, 0.25) is 0 Å². The van der Waals surface area contributed by atoms with Crippen LogP contribution in [0.1, 0.15) is 45.6 Å². The first kappa shape index (κ1) is 26.1. The molecule has 4 aromatic carbocycles. The highest BCUT2D eigenvalue weighted by molar-refractivity contribution is 5.94. The molecule has 6 aromatic rings. The quantitative estimate of drug-likeness (QED) is 0.219. The first-order valence-electron chi connectivity index (χ1n) is 13.5.